The number of oxazole rings is 1. The summed E-state index contributed by atoms with van der Waals surface area (Å²) in [6, 6.07) is 7.17. The van der Waals surface area contributed by atoms with Crippen LogP contribution >= 0.6 is 0 Å². The van der Waals surface area contributed by atoms with Crippen molar-refractivity contribution in [2.75, 3.05) is 26.7 Å². The first kappa shape index (κ1) is 23.7. The van der Waals surface area contributed by atoms with Gasteiger partial charge in [0, 0.05) is 24.5 Å². The molecule has 3 heterocycles. The Labute approximate surface area is 198 Å². The number of pyridine rings is 1. The smallest absolute Gasteiger partial charge is 0.303 e. The van der Waals surface area contributed by atoms with Gasteiger partial charge in [-0.3, -0.25) is 14.7 Å². The molecule has 0 saturated carbocycles. The van der Waals surface area contributed by atoms with Crippen molar-refractivity contribution in [3.63, 3.8) is 0 Å². The fourth-order valence-electron chi connectivity index (χ4n) is 4.71. The van der Waals surface area contributed by atoms with Gasteiger partial charge in [-0.05, 0) is 73.4 Å². The number of likely N-dealkylation sites (tertiary alicyclic amines) is 1. The van der Waals surface area contributed by atoms with Crippen LogP contribution in [0.3, 0.4) is 0 Å². The number of aromatic nitrogens is 2. The van der Waals surface area contributed by atoms with Crippen LogP contribution in [0.2, 0.25) is 0 Å². The fourth-order valence-corrected chi connectivity index (χ4v) is 4.71. The third-order valence-electron chi connectivity index (χ3n) is 6.45. The molecular formula is C26H28FN3O4. The molecule has 0 aliphatic carbocycles. The third kappa shape index (κ3) is 5.91. The molecule has 1 N–H and O–H groups in total. The maximum absolute atomic E-state index is 15.4. The summed E-state index contributed by atoms with van der Waals surface area (Å²) in [7, 11) is 1.58. The van der Waals surface area contributed by atoms with E-state index in [1.54, 1.807) is 25.6 Å². The highest BCUT2D eigenvalue weighted by Gasteiger charge is 2.31. The SMILES string of the molecule is COc1ccc2nccc([C@H](F)CC[C@@H]3CCN(CC#Cc4ncco4)C[C@@H]3CC(=O)O)c2c1. The van der Waals surface area contributed by atoms with Gasteiger partial charge in [-0.25, -0.2) is 9.37 Å². The van der Waals surface area contributed by atoms with E-state index in [-0.39, 0.29) is 18.3 Å². The lowest BCUT2D eigenvalue weighted by molar-refractivity contribution is -0.139. The van der Waals surface area contributed by atoms with Crippen molar-refractivity contribution in [2.45, 2.75) is 31.9 Å². The summed E-state index contributed by atoms with van der Waals surface area (Å²) >= 11 is 0. The van der Waals surface area contributed by atoms with Gasteiger partial charge in [0.1, 0.15) is 18.2 Å². The summed E-state index contributed by atoms with van der Waals surface area (Å²) in [5, 5.41) is 10.2. The maximum Gasteiger partial charge on any atom is 0.303 e. The zero-order valence-electron chi connectivity index (χ0n) is 19.1. The molecule has 0 amide bonds. The van der Waals surface area contributed by atoms with Gasteiger partial charge in [0.2, 0.25) is 0 Å². The van der Waals surface area contributed by atoms with Crippen LogP contribution in [-0.4, -0.2) is 52.7 Å². The normalized spacial score (nSPS) is 19.4. The van der Waals surface area contributed by atoms with Crippen molar-refractivity contribution in [3.8, 4) is 17.6 Å². The molecule has 8 heteroatoms. The van der Waals surface area contributed by atoms with E-state index in [9.17, 15) is 9.90 Å². The first-order valence-electron chi connectivity index (χ1n) is 11.4. The largest absolute Gasteiger partial charge is 0.497 e. The van der Waals surface area contributed by atoms with Gasteiger partial charge in [0.05, 0.1) is 25.4 Å². The molecule has 3 atom stereocenters. The Morgan fingerprint density at radius 2 is 2.21 bits per heavy atom. The van der Waals surface area contributed by atoms with Crippen LogP contribution < -0.4 is 4.74 Å². The van der Waals surface area contributed by atoms with Crippen LogP contribution in [0.4, 0.5) is 4.39 Å². The van der Waals surface area contributed by atoms with E-state index in [0.29, 0.717) is 43.1 Å². The Kier molecular flexibility index (Phi) is 7.76. The third-order valence-corrected chi connectivity index (χ3v) is 6.45. The molecule has 1 aliphatic rings. The summed E-state index contributed by atoms with van der Waals surface area (Å²) in [6.07, 6.45) is 5.33. The standard InChI is InChI=1S/C26H28FN3O4/c1-33-20-5-7-24-22(16-20)21(8-10-28-24)23(27)6-4-18-9-13-30(17-19(18)15-26(31)32)12-2-3-25-29-11-14-34-25/h5,7-8,10-11,14,16,18-19,23H,4,6,9,12-13,15,17H2,1H3,(H,31,32)/t18-,19+,23-/m1/s1. The van der Waals surface area contributed by atoms with Crippen LogP contribution in [0, 0.1) is 23.7 Å². The molecule has 4 rings (SSSR count). The molecule has 178 valence electrons. The van der Waals surface area contributed by atoms with Crippen LogP contribution in [0.1, 0.15) is 43.3 Å². The average Bonchev–Trinajstić information content (AvgIpc) is 3.36. The Bertz CT molecular complexity index is 1170. The van der Waals surface area contributed by atoms with Crippen molar-refractivity contribution in [1.82, 2.24) is 14.9 Å². The van der Waals surface area contributed by atoms with Crippen molar-refractivity contribution < 1.29 is 23.4 Å². The van der Waals surface area contributed by atoms with E-state index in [4.69, 9.17) is 9.15 Å². The minimum atomic E-state index is -1.16. The zero-order valence-corrected chi connectivity index (χ0v) is 19.1. The summed E-state index contributed by atoms with van der Waals surface area (Å²) in [5.41, 5.74) is 1.32. The zero-order chi connectivity index (χ0) is 23.9. The fraction of sp³-hybridized carbons (Fsp3) is 0.423. The highest BCUT2D eigenvalue weighted by atomic mass is 19.1. The molecule has 3 aromatic rings. The molecule has 1 saturated heterocycles. The number of hydrogen-bond acceptors (Lipinski definition) is 6. The quantitative estimate of drug-likeness (QED) is 0.491. The molecule has 1 fully saturated rings. The van der Waals surface area contributed by atoms with Crippen LogP contribution in [0.25, 0.3) is 10.9 Å². The van der Waals surface area contributed by atoms with Gasteiger partial charge in [-0.15, -0.1) is 0 Å². The Morgan fingerprint density at radius 3 is 2.97 bits per heavy atom. The molecule has 0 unspecified atom stereocenters. The summed E-state index contributed by atoms with van der Waals surface area (Å²) in [4.78, 5) is 22.0. The number of ether oxygens (including phenoxy) is 1. The Morgan fingerprint density at radius 1 is 1.32 bits per heavy atom. The topological polar surface area (TPSA) is 88.7 Å². The predicted octanol–water partition coefficient (Wildman–Crippen LogP) is 4.49. The number of benzene rings is 1. The number of piperidine rings is 1. The van der Waals surface area contributed by atoms with Crippen LogP contribution in [0.5, 0.6) is 5.75 Å². The van der Waals surface area contributed by atoms with Crippen molar-refractivity contribution in [2.24, 2.45) is 11.8 Å². The van der Waals surface area contributed by atoms with Gasteiger partial charge < -0.3 is 14.3 Å². The molecular weight excluding hydrogens is 437 g/mol. The number of halogens is 1. The molecule has 1 aromatic carbocycles. The molecule has 0 radical (unpaired) electrons. The van der Waals surface area contributed by atoms with E-state index >= 15 is 4.39 Å². The highest BCUT2D eigenvalue weighted by Crippen LogP contribution is 2.36. The maximum atomic E-state index is 15.4. The highest BCUT2D eigenvalue weighted by molar-refractivity contribution is 5.83. The van der Waals surface area contributed by atoms with Gasteiger partial charge in [-0.1, -0.05) is 5.92 Å². The summed E-state index contributed by atoms with van der Waals surface area (Å²) in [5.74, 6) is 6.21. The second-order valence-corrected chi connectivity index (χ2v) is 8.61. The number of rotatable bonds is 8. The number of fused-ring (bicyclic) bond motifs is 1. The molecule has 0 bridgehead atoms. The number of aliphatic carboxylic acids is 1. The first-order chi connectivity index (χ1) is 16.5. The van der Waals surface area contributed by atoms with E-state index in [1.165, 1.54) is 6.26 Å². The van der Waals surface area contributed by atoms with Crippen molar-refractivity contribution in [3.05, 3.63) is 54.4 Å². The van der Waals surface area contributed by atoms with Gasteiger partial charge in [0.15, 0.2) is 0 Å². The number of alkyl halides is 1. The van der Waals surface area contributed by atoms with Gasteiger partial charge >= 0.3 is 5.97 Å². The van der Waals surface area contributed by atoms with Crippen LogP contribution in [0.15, 0.2) is 47.3 Å². The molecule has 7 nitrogen and oxygen atoms in total. The number of nitrogens with zero attached hydrogens (tertiary/aromatic N) is 3. The summed E-state index contributed by atoms with van der Waals surface area (Å²) in [6.45, 7) is 1.94. The minimum Gasteiger partial charge on any atom is -0.497 e. The minimum absolute atomic E-state index is 0.0451. The number of carboxylic acid groups (broad SMARTS) is 1. The molecule has 1 aliphatic heterocycles. The lowest BCUT2D eigenvalue weighted by Gasteiger charge is -2.37. The second kappa shape index (κ2) is 11.1. The Balaban J connectivity index is 1.39. The van der Waals surface area contributed by atoms with Gasteiger partial charge in [0.25, 0.3) is 5.89 Å². The lowest BCUT2D eigenvalue weighted by atomic mass is 9.79. The lowest BCUT2D eigenvalue weighted by Crippen LogP contribution is -2.41. The number of methoxy groups -OCH3 is 1. The molecule has 0 spiro atoms. The van der Waals surface area contributed by atoms with Crippen molar-refractivity contribution >= 4 is 16.9 Å². The number of carbonyl (C=O) groups is 1. The Hall–Kier alpha value is -3.44. The van der Waals surface area contributed by atoms with E-state index in [2.05, 4.69) is 26.7 Å². The monoisotopic (exact) mass is 465 g/mol. The van der Waals surface area contributed by atoms with E-state index < -0.39 is 12.1 Å². The van der Waals surface area contributed by atoms with Gasteiger partial charge in [-0.2, -0.15) is 0 Å². The molecule has 34 heavy (non-hydrogen) atoms. The van der Waals surface area contributed by atoms with E-state index in [1.807, 2.05) is 18.2 Å². The first-order valence-corrected chi connectivity index (χ1v) is 11.4. The van der Waals surface area contributed by atoms with E-state index in [0.717, 1.165) is 23.9 Å². The second-order valence-electron chi connectivity index (χ2n) is 8.61. The van der Waals surface area contributed by atoms with Crippen LogP contribution in [-0.2, 0) is 4.79 Å². The summed E-state index contributed by atoms with van der Waals surface area (Å²) < 4.78 is 25.8. The van der Waals surface area contributed by atoms with Crippen molar-refractivity contribution in [1.29, 1.82) is 0 Å². The number of carboxylic acids is 1. The predicted molar refractivity (Wildman–Crippen MR) is 125 cm³/mol. The molecule has 2 aromatic heterocycles. The number of hydrogen-bond donors (Lipinski definition) is 1. The average molecular weight is 466 g/mol.